The second-order valence-corrected chi connectivity index (χ2v) is 2.42. The highest BCUT2D eigenvalue weighted by molar-refractivity contribution is 5.56. The van der Waals surface area contributed by atoms with Gasteiger partial charge in [-0.1, -0.05) is 6.07 Å². The summed E-state index contributed by atoms with van der Waals surface area (Å²) in [5.74, 6) is 4.36. The van der Waals surface area contributed by atoms with E-state index in [-0.39, 0.29) is 16.6 Å². The number of hydrazine groups is 1. The number of anilines is 1. The molecule has 1 aromatic rings. The number of nitrogens with two attached hydrogens (primary N) is 1. The number of rotatable bonds is 4. The van der Waals surface area contributed by atoms with Crippen molar-refractivity contribution in [3.63, 3.8) is 0 Å². The van der Waals surface area contributed by atoms with Crippen LogP contribution in [0.15, 0.2) is 18.2 Å². The molecule has 15 heavy (non-hydrogen) atoms. The number of hydrogen-bond donors (Lipinski definition) is 1. The molecule has 8 heteroatoms. The first-order valence-electron chi connectivity index (χ1n) is 3.76. The van der Waals surface area contributed by atoms with E-state index in [0.717, 1.165) is 6.07 Å². The van der Waals surface area contributed by atoms with Gasteiger partial charge in [0.05, 0.1) is 7.11 Å². The summed E-state index contributed by atoms with van der Waals surface area (Å²) < 4.78 is 18.0. The zero-order valence-electron chi connectivity index (χ0n) is 7.71. The number of para-hydroxylation sites is 1. The first-order chi connectivity index (χ1) is 7.06. The van der Waals surface area contributed by atoms with Crippen LogP contribution in [-0.4, -0.2) is 12.2 Å². The van der Waals surface area contributed by atoms with Gasteiger partial charge < -0.3 is 4.74 Å². The Kier molecular flexibility index (Phi) is 3.24. The first kappa shape index (κ1) is 11.0. The Bertz CT molecular complexity index is 373. The maximum absolute atomic E-state index is 13.2. The van der Waals surface area contributed by atoms with Crippen molar-refractivity contribution in [1.29, 1.82) is 0 Å². The van der Waals surface area contributed by atoms with E-state index in [1.807, 2.05) is 0 Å². The van der Waals surface area contributed by atoms with Crippen LogP contribution in [0.2, 0.25) is 0 Å². The fraction of sp³-hybridized carbons (Fsp3) is 0.143. The number of nitrogens with zero attached hydrogens (tertiary/aromatic N) is 2. The van der Waals surface area contributed by atoms with Crippen molar-refractivity contribution in [2.75, 3.05) is 12.3 Å². The van der Waals surface area contributed by atoms with Crippen molar-refractivity contribution >= 4 is 5.69 Å². The fourth-order valence-corrected chi connectivity index (χ4v) is 0.987. The first-order valence-corrected chi connectivity index (χ1v) is 3.76. The van der Waals surface area contributed by atoms with E-state index in [0.29, 0.717) is 0 Å². The lowest BCUT2D eigenvalue weighted by Crippen LogP contribution is -2.34. The normalized spacial score (nSPS) is 9.53. The third-order valence-corrected chi connectivity index (χ3v) is 1.54. The molecule has 0 radical (unpaired) electrons. The predicted octanol–water partition coefficient (Wildman–Crippen LogP) is 0.638. The molecule has 1 aromatic carbocycles. The van der Waals surface area contributed by atoms with Gasteiger partial charge in [0.15, 0.2) is 11.5 Å². The van der Waals surface area contributed by atoms with Gasteiger partial charge in [-0.15, -0.1) is 15.3 Å². The summed E-state index contributed by atoms with van der Waals surface area (Å²) in [7, 11) is 1.28. The second kappa shape index (κ2) is 4.42. The predicted molar refractivity (Wildman–Crippen MR) is 47.7 cm³/mol. The van der Waals surface area contributed by atoms with Crippen LogP contribution in [0.4, 0.5) is 10.1 Å². The van der Waals surface area contributed by atoms with E-state index in [2.05, 4.69) is 4.94 Å². The lowest BCUT2D eigenvalue weighted by atomic mass is 10.3. The molecule has 82 valence electrons. The van der Waals surface area contributed by atoms with Gasteiger partial charge >= 0.3 is 5.09 Å². The quantitative estimate of drug-likeness (QED) is 0.452. The van der Waals surface area contributed by atoms with E-state index in [1.165, 1.54) is 19.2 Å². The van der Waals surface area contributed by atoms with Gasteiger partial charge in [-0.25, -0.2) is 10.2 Å². The van der Waals surface area contributed by atoms with E-state index in [1.54, 1.807) is 0 Å². The molecule has 0 bridgehead atoms. The van der Waals surface area contributed by atoms with Gasteiger partial charge in [0.25, 0.3) is 0 Å². The standard InChI is InChI=1S/C7H8FN3O4/c1-14-6-4-2-3-5(8)7(6)10(9)15-11(12)13/h2-4H,9H2,1H3. The smallest absolute Gasteiger partial charge is 0.318 e. The Morgan fingerprint density at radius 1 is 1.60 bits per heavy atom. The lowest BCUT2D eigenvalue weighted by Gasteiger charge is -2.17. The zero-order valence-corrected chi connectivity index (χ0v) is 7.71. The number of benzene rings is 1. The minimum Gasteiger partial charge on any atom is -0.494 e. The van der Waals surface area contributed by atoms with E-state index in [4.69, 9.17) is 10.6 Å². The second-order valence-electron chi connectivity index (χ2n) is 2.42. The van der Waals surface area contributed by atoms with E-state index < -0.39 is 10.9 Å². The highest BCUT2D eigenvalue weighted by Crippen LogP contribution is 2.29. The largest absolute Gasteiger partial charge is 0.494 e. The third kappa shape index (κ3) is 2.44. The molecule has 1 rings (SSSR count). The maximum atomic E-state index is 13.2. The molecule has 0 saturated carbocycles. The molecule has 0 amide bonds. The Morgan fingerprint density at radius 2 is 2.27 bits per heavy atom. The molecule has 0 aromatic heterocycles. The number of methoxy groups -OCH3 is 1. The Morgan fingerprint density at radius 3 is 2.80 bits per heavy atom. The van der Waals surface area contributed by atoms with Crippen LogP contribution in [-0.2, 0) is 4.94 Å². The van der Waals surface area contributed by atoms with Crippen molar-refractivity contribution in [2.24, 2.45) is 5.84 Å². The van der Waals surface area contributed by atoms with Crippen LogP contribution in [0, 0.1) is 15.9 Å². The third-order valence-electron chi connectivity index (χ3n) is 1.54. The molecule has 2 N–H and O–H groups in total. The van der Waals surface area contributed by atoms with Crippen LogP contribution in [0.3, 0.4) is 0 Å². The summed E-state index contributed by atoms with van der Waals surface area (Å²) in [6.45, 7) is 0. The Balaban J connectivity index is 3.05. The molecular formula is C7H8FN3O4. The summed E-state index contributed by atoms with van der Waals surface area (Å²) >= 11 is 0. The lowest BCUT2D eigenvalue weighted by molar-refractivity contribution is -0.762. The molecule has 7 nitrogen and oxygen atoms in total. The fourth-order valence-electron chi connectivity index (χ4n) is 0.987. The minimum atomic E-state index is -1.16. The summed E-state index contributed by atoms with van der Waals surface area (Å²) in [6.07, 6.45) is 0. The van der Waals surface area contributed by atoms with Crippen molar-refractivity contribution in [1.82, 2.24) is 0 Å². The summed E-state index contributed by atoms with van der Waals surface area (Å²) in [5.41, 5.74) is -0.350. The van der Waals surface area contributed by atoms with Crippen molar-refractivity contribution < 1.29 is 19.2 Å². The monoisotopic (exact) mass is 217 g/mol. The molecule has 0 aliphatic heterocycles. The molecule has 0 aliphatic rings. The molecule has 0 spiro atoms. The summed E-state index contributed by atoms with van der Waals surface area (Å²) in [5, 5.41) is 9.02. The van der Waals surface area contributed by atoms with Gasteiger partial charge in [-0.2, -0.15) is 4.94 Å². The SMILES string of the molecule is COc1cccc(F)c1N(N)O[N+](=O)[O-]. The average Bonchev–Trinajstić information content (AvgIpc) is 2.15. The van der Waals surface area contributed by atoms with Crippen molar-refractivity contribution in [3.8, 4) is 5.75 Å². The van der Waals surface area contributed by atoms with Crippen LogP contribution in [0.5, 0.6) is 5.75 Å². The number of hydrogen-bond acceptors (Lipinski definition) is 6. The zero-order chi connectivity index (χ0) is 11.4. The highest BCUT2D eigenvalue weighted by Gasteiger charge is 2.17. The van der Waals surface area contributed by atoms with Gasteiger partial charge in [-0.3, -0.25) is 0 Å². The van der Waals surface area contributed by atoms with Gasteiger partial charge in [0, 0.05) is 0 Å². The maximum Gasteiger partial charge on any atom is 0.318 e. The Labute approximate surface area is 83.8 Å². The average molecular weight is 217 g/mol. The number of ether oxygens (including phenoxy) is 1. The summed E-state index contributed by atoms with van der Waals surface area (Å²) in [4.78, 5) is 13.9. The minimum absolute atomic E-state index is 0.0272. The van der Waals surface area contributed by atoms with Gasteiger partial charge in [0.2, 0.25) is 0 Å². The van der Waals surface area contributed by atoms with Crippen LogP contribution < -0.4 is 15.8 Å². The van der Waals surface area contributed by atoms with Crippen LogP contribution in [0.1, 0.15) is 0 Å². The van der Waals surface area contributed by atoms with Crippen LogP contribution in [0.25, 0.3) is 0 Å². The van der Waals surface area contributed by atoms with Gasteiger partial charge in [-0.05, 0) is 12.1 Å². The molecule has 0 atom stereocenters. The van der Waals surface area contributed by atoms with E-state index >= 15 is 0 Å². The van der Waals surface area contributed by atoms with Gasteiger partial charge in [0.1, 0.15) is 5.75 Å². The van der Waals surface area contributed by atoms with Crippen molar-refractivity contribution in [3.05, 3.63) is 34.1 Å². The molecule has 0 unspecified atom stereocenters. The van der Waals surface area contributed by atoms with Crippen molar-refractivity contribution in [2.45, 2.75) is 0 Å². The molecule has 0 fully saturated rings. The molecule has 0 heterocycles. The van der Waals surface area contributed by atoms with Crippen LogP contribution >= 0.6 is 0 Å². The molecular weight excluding hydrogens is 209 g/mol. The topological polar surface area (TPSA) is 90.9 Å². The van der Waals surface area contributed by atoms with E-state index in [9.17, 15) is 14.5 Å². The molecule has 0 saturated heterocycles. The highest BCUT2D eigenvalue weighted by atomic mass is 19.1. The Hall–Kier alpha value is -2.09. The number of halogens is 1. The molecule has 0 aliphatic carbocycles. The summed E-state index contributed by atoms with van der Waals surface area (Å²) in [6, 6.07) is 3.83.